The molecule has 1 aliphatic heterocycles. The molecule has 162 valence electrons. The summed E-state index contributed by atoms with van der Waals surface area (Å²) in [5.41, 5.74) is 3.67. The minimum Gasteiger partial charge on any atom is -0.352 e. The highest BCUT2D eigenvalue weighted by molar-refractivity contribution is 9.10. The molecule has 1 saturated heterocycles. The molecule has 0 bridgehead atoms. The van der Waals surface area contributed by atoms with Crippen LogP contribution in [0.5, 0.6) is 0 Å². The van der Waals surface area contributed by atoms with Crippen molar-refractivity contribution in [3.05, 3.63) is 87.9 Å². The Hall–Kier alpha value is -2.44. The lowest BCUT2D eigenvalue weighted by Gasteiger charge is -2.31. The van der Waals surface area contributed by atoms with Crippen molar-refractivity contribution in [2.75, 3.05) is 13.1 Å². The topological polar surface area (TPSA) is 50.2 Å². The van der Waals surface area contributed by atoms with E-state index in [1.807, 2.05) is 25.4 Å². The van der Waals surface area contributed by atoms with Gasteiger partial charge in [0.15, 0.2) is 0 Å². The van der Waals surface area contributed by atoms with Crippen molar-refractivity contribution >= 4 is 21.8 Å². The maximum atomic E-state index is 12.7. The lowest BCUT2D eigenvalue weighted by Crippen LogP contribution is -2.40. The Morgan fingerprint density at radius 3 is 2.48 bits per heavy atom. The van der Waals surface area contributed by atoms with Gasteiger partial charge >= 0.3 is 0 Å². The van der Waals surface area contributed by atoms with Gasteiger partial charge in [-0.25, -0.2) is 4.98 Å². The molecule has 31 heavy (non-hydrogen) atoms. The number of imidazole rings is 1. The van der Waals surface area contributed by atoms with Gasteiger partial charge in [0.05, 0.1) is 0 Å². The number of hydrogen-bond acceptors (Lipinski definition) is 3. The van der Waals surface area contributed by atoms with E-state index in [0.717, 1.165) is 54.9 Å². The number of aryl methyl sites for hydroxylation is 1. The molecule has 0 saturated carbocycles. The van der Waals surface area contributed by atoms with Gasteiger partial charge in [0, 0.05) is 42.4 Å². The number of likely N-dealkylation sites (tertiary alicyclic amines) is 1. The minimum atomic E-state index is 0.113. The number of amides is 1. The number of hydrogen-bond donors (Lipinski definition) is 1. The molecule has 5 nitrogen and oxygen atoms in total. The van der Waals surface area contributed by atoms with Gasteiger partial charge in [0.25, 0.3) is 0 Å². The Morgan fingerprint density at radius 1 is 1.06 bits per heavy atom. The summed E-state index contributed by atoms with van der Waals surface area (Å²) in [5.74, 6) is 1.31. The SMILES string of the molecule is Cc1nccn1Cc1ccc(CNC(=O)C2CCN(Cc3cccc(Br)c3)CC2)cc1. The Morgan fingerprint density at radius 2 is 1.81 bits per heavy atom. The van der Waals surface area contributed by atoms with E-state index in [-0.39, 0.29) is 11.8 Å². The van der Waals surface area contributed by atoms with E-state index in [1.165, 1.54) is 11.1 Å². The van der Waals surface area contributed by atoms with Crippen LogP contribution in [-0.2, 0) is 24.4 Å². The molecule has 4 rings (SSSR count). The summed E-state index contributed by atoms with van der Waals surface area (Å²) in [6.07, 6.45) is 5.66. The van der Waals surface area contributed by atoms with Gasteiger partial charge in [-0.2, -0.15) is 0 Å². The average Bonchev–Trinajstić information content (AvgIpc) is 3.18. The first-order valence-corrected chi connectivity index (χ1v) is 11.7. The highest BCUT2D eigenvalue weighted by Crippen LogP contribution is 2.21. The molecule has 1 N–H and O–H groups in total. The monoisotopic (exact) mass is 480 g/mol. The molecule has 0 unspecified atom stereocenters. The third-order valence-electron chi connectivity index (χ3n) is 6.02. The van der Waals surface area contributed by atoms with Gasteiger partial charge in [-0.05, 0) is 61.7 Å². The van der Waals surface area contributed by atoms with Gasteiger partial charge in [0.2, 0.25) is 5.91 Å². The zero-order chi connectivity index (χ0) is 21.6. The van der Waals surface area contributed by atoms with E-state index in [1.54, 1.807) is 0 Å². The fourth-order valence-electron chi connectivity index (χ4n) is 4.11. The van der Waals surface area contributed by atoms with Crippen molar-refractivity contribution in [3.8, 4) is 0 Å². The van der Waals surface area contributed by atoms with Gasteiger partial charge in [-0.15, -0.1) is 0 Å². The molecule has 1 aliphatic rings. The van der Waals surface area contributed by atoms with Crippen LogP contribution in [0.2, 0.25) is 0 Å². The Balaban J connectivity index is 1.21. The van der Waals surface area contributed by atoms with E-state index >= 15 is 0 Å². The van der Waals surface area contributed by atoms with Crippen molar-refractivity contribution in [2.24, 2.45) is 5.92 Å². The summed E-state index contributed by atoms with van der Waals surface area (Å²) in [6, 6.07) is 16.9. The molecule has 1 amide bonds. The number of piperidine rings is 1. The highest BCUT2D eigenvalue weighted by atomic mass is 79.9. The zero-order valence-electron chi connectivity index (χ0n) is 17.9. The minimum absolute atomic E-state index is 0.113. The highest BCUT2D eigenvalue weighted by Gasteiger charge is 2.24. The van der Waals surface area contributed by atoms with Crippen LogP contribution in [-0.4, -0.2) is 33.4 Å². The first-order valence-electron chi connectivity index (χ1n) is 10.9. The predicted molar refractivity (Wildman–Crippen MR) is 126 cm³/mol. The standard InChI is InChI=1S/C25H29BrN4O/c1-19-27-11-14-30(19)18-21-7-5-20(6-8-21)16-28-25(31)23-9-12-29(13-10-23)17-22-3-2-4-24(26)15-22/h2-8,11,14-15,23H,9-10,12-13,16-18H2,1H3,(H,28,31). The summed E-state index contributed by atoms with van der Waals surface area (Å²) in [4.78, 5) is 19.4. The van der Waals surface area contributed by atoms with Crippen molar-refractivity contribution in [3.63, 3.8) is 0 Å². The first-order chi connectivity index (χ1) is 15.1. The van der Waals surface area contributed by atoms with Crippen LogP contribution < -0.4 is 5.32 Å². The van der Waals surface area contributed by atoms with E-state index < -0.39 is 0 Å². The van der Waals surface area contributed by atoms with Crippen molar-refractivity contribution in [1.82, 2.24) is 19.8 Å². The molecule has 2 heterocycles. The van der Waals surface area contributed by atoms with Crippen LogP contribution in [0.25, 0.3) is 0 Å². The second kappa shape index (κ2) is 10.2. The second-order valence-electron chi connectivity index (χ2n) is 8.32. The smallest absolute Gasteiger partial charge is 0.223 e. The number of carbonyl (C=O) groups is 1. The number of halogens is 1. The predicted octanol–water partition coefficient (Wildman–Crippen LogP) is 4.53. The molecule has 2 aromatic carbocycles. The van der Waals surface area contributed by atoms with Crippen LogP contribution in [0, 0.1) is 12.8 Å². The normalized spacial score (nSPS) is 15.2. The molecular weight excluding hydrogens is 452 g/mol. The molecule has 0 atom stereocenters. The van der Waals surface area contributed by atoms with E-state index in [0.29, 0.717) is 6.54 Å². The third-order valence-corrected chi connectivity index (χ3v) is 6.51. The molecule has 0 radical (unpaired) electrons. The number of nitrogens with zero attached hydrogens (tertiary/aromatic N) is 3. The number of carbonyl (C=O) groups excluding carboxylic acids is 1. The molecule has 0 spiro atoms. The molecule has 6 heteroatoms. The van der Waals surface area contributed by atoms with Crippen LogP contribution >= 0.6 is 15.9 Å². The number of benzene rings is 2. The lowest BCUT2D eigenvalue weighted by atomic mass is 9.95. The summed E-state index contributed by atoms with van der Waals surface area (Å²) in [7, 11) is 0. The average molecular weight is 481 g/mol. The van der Waals surface area contributed by atoms with Crippen LogP contribution in [0.3, 0.4) is 0 Å². The van der Waals surface area contributed by atoms with Crippen molar-refractivity contribution in [1.29, 1.82) is 0 Å². The van der Waals surface area contributed by atoms with Crippen LogP contribution in [0.1, 0.15) is 35.4 Å². The maximum Gasteiger partial charge on any atom is 0.223 e. The summed E-state index contributed by atoms with van der Waals surface area (Å²) >= 11 is 3.54. The van der Waals surface area contributed by atoms with Crippen molar-refractivity contribution in [2.45, 2.75) is 39.4 Å². The van der Waals surface area contributed by atoms with E-state index in [9.17, 15) is 4.79 Å². The van der Waals surface area contributed by atoms with Gasteiger partial charge < -0.3 is 9.88 Å². The van der Waals surface area contributed by atoms with Crippen molar-refractivity contribution < 1.29 is 4.79 Å². The first kappa shape index (κ1) is 21.8. The molecule has 1 aromatic heterocycles. The van der Waals surface area contributed by atoms with Gasteiger partial charge in [-0.1, -0.05) is 52.3 Å². The fourth-order valence-corrected chi connectivity index (χ4v) is 4.56. The van der Waals surface area contributed by atoms with Crippen LogP contribution in [0.4, 0.5) is 0 Å². The summed E-state index contributed by atoms with van der Waals surface area (Å²) < 4.78 is 3.24. The fraction of sp³-hybridized carbons (Fsp3) is 0.360. The second-order valence-corrected chi connectivity index (χ2v) is 9.23. The molecule has 0 aliphatic carbocycles. The third kappa shape index (κ3) is 6.05. The van der Waals surface area contributed by atoms with E-state index in [4.69, 9.17) is 0 Å². The Bertz CT molecular complexity index is 1010. The Labute approximate surface area is 192 Å². The van der Waals surface area contributed by atoms with Gasteiger partial charge in [0.1, 0.15) is 5.82 Å². The number of aromatic nitrogens is 2. The summed E-state index contributed by atoms with van der Waals surface area (Å²) in [5, 5.41) is 3.14. The molecule has 1 fully saturated rings. The lowest BCUT2D eigenvalue weighted by molar-refractivity contribution is -0.126. The zero-order valence-corrected chi connectivity index (χ0v) is 19.5. The summed E-state index contributed by atoms with van der Waals surface area (Å²) in [6.45, 7) is 6.28. The van der Waals surface area contributed by atoms with Crippen LogP contribution in [0.15, 0.2) is 65.4 Å². The van der Waals surface area contributed by atoms with Gasteiger partial charge in [-0.3, -0.25) is 9.69 Å². The molecule has 3 aromatic rings. The number of rotatable bonds is 7. The maximum absolute atomic E-state index is 12.7. The Kier molecular flexibility index (Phi) is 7.20. The molecular formula is C25H29BrN4O. The number of nitrogens with one attached hydrogen (secondary N) is 1. The quantitative estimate of drug-likeness (QED) is 0.540. The largest absolute Gasteiger partial charge is 0.352 e. The van der Waals surface area contributed by atoms with E-state index in [2.05, 4.69) is 78.2 Å².